The quantitative estimate of drug-likeness (QED) is 0.312. The summed E-state index contributed by atoms with van der Waals surface area (Å²) in [7, 11) is 7.36. The fourth-order valence-electron chi connectivity index (χ4n) is 5.99. The molecule has 10 heteroatoms. The molecule has 1 unspecified atom stereocenters. The summed E-state index contributed by atoms with van der Waals surface area (Å²) in [5, 5.41) is 0. The Morgan fingerprint density at radius 1 is 0.923 bits per heavy atom. The third kappa shape index (κ3) is 3.80. The third-order valence-corrected chi connectivity index (χ3v) is 10.4. The molecule has 3 aromatic carbocycles. The molecule has 1 amide bonds. The van der Waals surface area contributed by atoms with Gasteiger partial charge in [-0.1, -0.05) is 39.8 Å². The van der Waals surface area contributed by atoms with Crippen LogP contribution in [0.4, 0.5) is 4.79 Å². The number of ether oxygens (including phenoxy) is 4. The Morgan fingerprint density at radius 3 is 2.38 bits per heavy atom. The van der Waals surface area contributed by atoms with Gasteiger partial charge in [-0.2, -0.15) is 0 Å². The van der Waals surface area contributed by atoms with E-state index in [9.17, 15) is 9.59 Å². The van der Waals surface area contributed by atoms with Crippen LogP contribution in [-0.2, 0) is 10.3 Å². The molecule has 0 radical (unpaired) electrons. The fourth-order valence-corrected chi connectivity index (χ4v) is 8.75. The molecule has 2 saturated heterocycles. The fraction of sp³-hybridized carbons (Fsp3) is 0.310. The summed E-state index contributed by atoms with van der Waals surface area (Å²) < 4.78 is 23.9. The lowest BCUT2D eigenvalue weighted by Gasteiger charge is -2.47. The van der Waals surface area contributed by atoms with E-state index in [-0.39, 0.29) is 12.1 Å². The summed E-state index contributed by atoms with van der Waals surface area (Å²) in [6, 6.07) is 18.5. The molecule has 0 aromatic heterocycles. The Bertz CT molecular complexity index is 1500. The average molecular weight is 563 g/mol. The zero-order valence-corrected chi connectivity index (χ0v) is 23.1. The van der Waals surface area contributed by atoms with Crippen LogP contribution in [0.1, 0.15) is 27.0 Å². The number of fused-ring (bicyclic) bond motifs is 7. The molecule has 3 atom stereocenters. The van der Waals surface area contributed by atoms with Crippen LogP contribution in [-0.4, -0.2) is 72.7 Å². The highest BCUT2D eigenvalue weighted by Gasteiger charge is 2.53. The van der Waals surface area contributed by atoms with Gasteiger partial charge in [-0.25, -0.2) is 9.59 Å². The Labute approximate surface area is 233 Å². The van der Waals surface area contributed by atoms with Crippen LogP contribution >= 0.6 is 21.6 Å². The largest absolute Gasteiger partial charge is 0.497 e. The topological polar surface area (TPSA) is 77.5 Å². The molecular weight excluding hydrogens is 536 g/mol. The molecular formula is C29H26N2O6S2. The Morgan fingerprint density at radius 2 is 1.62 bits per heavy atom. The summed E-state index contributed by atoms with van der Waals surface area (Å²) in [5.41, 5.74) is 1.43. The lowest BCUT2D eigenvalue weighted by Crippen LogP contribution is -2.63. The van der Waals surface area contributed by atoms with Crippen LogP contribution in [0.5, 0.6) is 23.0 Å². The van der Waals surface area contributed by atoms with Gasteiger partial charge in [-0.3, -0.25) is 4.90 Å². The van der Waals surface area contributed by atoms with Crippen molar-refractivity contribution >= 4 is 33.7 Å². The maximum Gasteiger partial charge on any atom is 0.415 e. The van der Waals surface area contributed by atoms with Crippen molar-refractivity contribution in [2.24, 2.45) is 0 Å². The summed E-state index contributed by atoms with van der Waals surface area (Å²) in [4.78, 5) is 30.6. The molecule has 39 heavy (non-hydrogen) atoms. The number of methoxy groups -OCH3 is 1. The number of carbonyl (C=O) groups excluding carboxylic acids is 2. The molecule has 7 rings (SSSR count). The smallest absolute Gasteiger partial charge is 0.415 e. The van der Waals surface area contributed by atoms with E-state index in [0.29, 0.717) is 52.3 Å². The van der Waals surface area contributed by atoms with Gasteiger partial charge in [0.15, 0.2) is 5.60 Å². The van der Waals surface area contributed by atoms with Crippen molar-refractivity contribution in [2.75, 3.05) is 38.8 Å². The van der Waals surface area contributed by atoms with Crippen molar-refractivity contribution in [3.05, 3.63) is 82.9 Å². The van der Waals surface area contributed by atoms with Gasteiger partial charge in [0.1, 0.15) is 23.0 Å². The van der Waals surface area contributed by atoms with Gasteiger partial charge >= 0.3 is 12.1 Å². The van der Waals surface area contributed by atoms with Gasteiger partial charge in [0, 0.05) is 59.5 Å². The molecule has 0 aliphatic carbocycles. The zero-order valence-electron chi connectivity index (χ0n) is 21.4. The first-order valence-electron chi connectivity index (χ1n) is 12.8. The van der Waals surface area contributed by atoms with Crippen molar-refractivity contribution < 1.29 is 28.5 Å². The number of carbonyl (C=O) groups is 2. The SMILES string of the molecule is COc1ccc2c(c1)Oc1cc(OC(=O)N3CCN(C)[C@@H]4CSSC[C@@H]43)ccc1C21OC(=O)c2ccccc21. The number of likely N-dealkylation sites (N-methyl/N-ethyl adjacent to an activating group) is 1. The second kappa shape index (κ2) is 9.39. The molecule has 200 valence electrons. The van der Waals surface area contributed by atoms with Crippen molar-refractivity contribution in [3.63, 3.8) is 0 Å². The number of hydrogen-bond acceptors (Lipinski definition) is 9. The van der Waals surface area contributed by atoms with Crippen LogP contribution in [0.15, 0.2) is 60.7 Å². The van der Waals surface area contributed by atoms with E-state index >= 15 is 0 Å². The van der Waals surface area contributed by atoms with E-state index < -0.39 is 11.6 Å². The molecule has 4 aliphatic rings. The molecule has 0 saturated carbocycles. The Kier molecular flexibility index (Phi) is 5.94. The lowest BCUT2D eigenvalue weighted by molar-refractivity contribution is 0.0224. The zero-order chi connectivity index (χ0) is 26.7. The van der Waals surface area contributed by atoms with Crippen molar-refractivity contribution in [2.45, 2.75) is 17.7 Å². The third-order valence-electron chi connectivity index (χ3n) is 8.00. The normalized spacial score (nSPS) is 25.1. The second-order valence-corrected chi connectivity index (χ2v) is 12.5. The van der Waals surface area contributed by atoms with Gasteiger partial charge in [0.05, 0.1) is 18.7 Å². The lowest BCUT2D eigenvalue weighted by atomic mass is 9.77. The van der Waals surface area contributed by atoms with Gasteiger partial charge in [0.2, 0.25) is 0 Å². The van der Waals surface area contributed by atoms with Gasteiger partial charge in [-0.05, 0) is 37.4 Å². The van der Waals surface area contributed by atoms with Gasteiger partial charge in [-0.15, -0.1) is 0 Å². The maximum absolute atomic E-state index is 13.4. The summed E-state index contributed by atoms with van der Waals surface area (Å²) in [6.07, 6.45) is -0.365. The van der Waals surface area contributed by atoms with Crippen LogP contribution in [0.3, 0.4) is 0 Å². The molecule has 0 N–H and O–H groups in total. The molecule has 2 fully saturated rings. The molecule has 0 bridgehead atoms. The second-order valence-electron chi connectivity index (χ2n) is 9.98. The van der Waals surface area contributed by atoms with Crippen LogP contribution in [0, 0.1) is 0 Å². The standard InChI is InChI=1S/C29H26N2O6S2/c1-30-11-12-31(24-16-39-38-15-23(24)30)28(33)35-18-8-10-22-26(14-18)36-25-13-17(34-2)7-9-21(25)29(22)20-6-4-3-5-19(20)27(32)37-29/h3-10,13-14,23-24H,11-12,15-16H2,1-2H3/t23-,24+,29?/m1/s1. The summed E-state index contributed by atoms with van der Waals surface area (Å²) in [5.74, 6) is 3.39. The van der Waals surface area contributed by atoms with E-state index in [4.69, 9.17) is 18.9 Å². The minimum atomic E-state index is -1.19. The minimum Gasteiger partial charge on any atom is -0.497 e. The van der Waals surface area contributed by atoms with E-state index in [1.54, 1.807) is 42.2 Å². The van der Waals surface area contributed by atoms with Crippen molar-refractivity contribution in [1.29, 1.82) is 0 Å². The molecule has 8 nitrogen and oxygen atoms in total. The predicted octanol–water partition coefficient (Wildman–Crippen LogP) is 5.14. The minimum absolute atomic E-state index is 0.105. The van der Waals surface area contributed by atoms with Crippen molar-refractivity contribution in [3.8, 4) is 23.0 Å². The summed E-state index contributed by atoms with van der Waals surface area (Å²) in [6.45, 7) is 1.42. The predicted molar refractivity (Wildman–Crippen MR) is 149 cm³/mol. The number of nitrogens with zero attached hydrogens (tertiary/aromatic N) is 2. The number of benzene rings is 3. The Hall–Kier alpha value is -3.34. The number of amides is 1. The number of rotatable bonds is 2. The Balaban J connectivity index is 1.26. The number of piperazine rings is 1. The monoisotopic (exact) mass is 562 g/mol. The van der Waals surface area contributed by atoms with Crippen LogP contribution in [0.25, 0.3) is 0 Å². The molecule has 4 aliphatic heterocycles. The van der Waals surface area contributed by atoms with Gasteiger partial charge < -0.3 is 23.8 Å². The number of hydrogen-bond donors (Lipinski definition) is 0. The molecule has 4 heterocycles. The molecule has 3 aromatic rings. The highest BCUT2D eigenvalue weighted by Crippen LogP contribution is 2.57. The van der Waals surface area contributed by atoms with Crippen molar-refractivity contribution in [1.82, 2.24) is 9.80 Å². The van der Waals surface area contributed by atoms with E-state index in [0.717, 1.165) is 23.6 Å². The first-order chi connectivity index (χ1) is 19.0. The highest BCUT2D eigenvalue weighted by atomic mass is 33.1. The van der Waals surface area contributed by atoms with E-state index in [1.165, 1.54) is 0 Å². The number of esters is 1. The average Bonchev–Trinajstić information content (AvgIpc) is 3.25. The van der Waals surface area contributed by atoms with E-state index in [2.05, 4.69) is 11.9 Å². The first-order valence-corrected chi connectivity index (χ1v) is 15.3. The molecule has 1 spiro atoms. The van der Waals surface area contributed by atoms with Crippen LogP contribution in [0.2, 0.25) is 0 Å². The summed E-state index contributed by atoms with van der Waals surface area (Å²) >= 11 is 0. The van der Waals surface area contributed by atoms with Gasteiger partial charge in [0.25, 0.3) is 0 Å². The first kappa shape index (κ1) is 24.7. The maximum atomic E-state index is 13.4. The van der Waals surface area contributed by atoms with Crippen LogP contribution < -0.4 is 14.2 Å². The van der Waals surface area contributed by atoms with E-state index in [1.807, 2.05) is 52.1 Å². The highest BCUT2D eigenvalue weighted by molar-refractivity contribution is 8.76.